The molecule has 0 bridgehead atoms. The zero-order valence-electron chi connectivity index (χ0n) is 32.9. The summed E-state index contributed by atoms with van der Waals surface area (Å²) in [6, 6.07) is 0. The Labute approximate surface area is 283 Å². The molecule has 1 fully saturated rings. The van der Waals surface area contributed by atoms with Crippen LogP contribution in [-0.4, -0.2) is 60.6 Å². The molecule has 0 unspecified atom stereocenters. The molecule has 1 N–H and O–H groups in total. The zero-order valence-corrected chi connectivity index (χ0v) is 35.9. The molecular formula is C37H76O5Si3. The third kappa shape index (κ3) is 7.77. The second kappa shape index (κ2) is 15.7. The van der Waals surface area contributed by atoms with Gasteiger partial charge in [0.1, 0.15) is 23.6 Å². The van der Waals surface area contributed by atoms with Gasteiger partial charge in [-0.25, -0.2) is 0 Å². The van der Waals surface area contributed by atoms with Gasteiger partial charge in [0.15, 0.2) is 0 Å². The summed E-state index contributed by atoms with van der Waals surface area (Å²) in [6.45, 7) is 42.8. The number of rotatable bonds is 17. The maximum atomic E-state index is 11.8. The molecule has 0 saturated heterocycles. The van der Waals surface area contributed by atoms with Gasteiger partial charge in [0.05, 0.1) is 12.7 Å². The van der Waals surface area contributed by atoms with E-state index in [1.54, 1.807) is 0 Å². The van der Waals surface area contributed by atoms with Gasteiger partial charge in [-0.05, 0) is 75.2 Å². The molecule has 266 valence electrons. The second-order valence-corrected chi connectivity index (χ2v) is 33.8. The maximum absolute atomic E-state index is 11.8. The Hall–Kier alpha value is 0.0306. The van der Waals surface area contributed by atoms with Crippen molar-refractivity contribution in [2.75, 3.05) is 6.61 Å². The number of hydrogen-bond acceptors (Lipinski definition) is 5. The van der Waals surface area contributed by atoms with E-state index in [0.29, 0.717) is 62.2 Å². The molecule has 3 atom stereocenters. The Morgan fingerprint density at radius 1 is 0.622 bits per heavy atom. The van der Waals surface area contributed by atoms with Crippen LogP contribution in [-0.2, 0) is 18.0 Å². The van der Waals surface area contributed by atoms with Gasteiger partial charge in [-0.15, -0.1) is 0 Å². The molecule has 1 heterocycles. The molecule has 45 heavy (non-hydrogen) atoms. The van der Waals surface area contributed by atoms with Crippen LogP contribution in [0.5, 0.6) is 0 Å². The summed E-state index contributed by atoms with van der Waals surface area (Å²) in [5.41, 5.74) is 3.08. The lowest BCUT2D eigenvalue weighted by molar-refractivity contribution is -0.126. The summed E-state index contributed by atoms with van der Waals surface area (Å²) in [5, 5.41) is 11.8. The first-order valence-electron chi connectivity index (χ1n) is 18.7. The minimum Gasteiger partial charge on any atom is -0.487 e. The minimum atomic E-state index is -2.34. The van der Waals surface area contributed by atoms with Crippen LogP contribution < -0.4 is 0 Å². The molecule has 0 aromatic rings. The van der Waals surface area contributed by atoms with Gasteiger partial charge < -0.3 is 23.1 Å². The van der Waals surface area contributed by atoms with Gasteiger partial charge >= 0.3 is 0 Å². The largest absolute Gasteiger partial charge is 0.487 e. The van der Waals surface area contributed by atoms with Gasteiger partial charge in [-0.3, -0.25) is 0 Å². The summed E-state index contributed by atoms with van der Waals surface area (Å²) >= 11 is 0. The van der Waals surface area contributed by atoms with Crippen molar-refractivity contribution in [3.8, 4) is 0 Å². The molecule has 0 aromatic heterocycles. The molecule has 1 aliphatic carbocycles. The SMILES string of the molecule is CC(C)[Si](OC[C@H]1OC(C2(O)CCC2)=C[C@@H](O[Si](C(C)C)(C(C)C)C(C)C)[C@@H]1O[Si](C(C)C)(C(C)C)C(C)C)(C(C)C)C(C)C. The van der Waals surface area contributed by atoms with Crippen molar-refractivity contribution in [1.82, 2.24) is 0 Å². The Bertz CT molecular complexity index is 886. The molecule has 8 heteroatoms. The van der Waals surface area contributed by atoms with E-state index in [4.69, 9.17) is 18.0 Å². The fourth-order valence-electron chi connectivity index (χ4n) is 10.1. The van der Waals surface area contributed by atoms with E-state index in [-0.39, 0.29) is 18.3 Å². The first-order chi connectivity index (χ1) is 20.6. The van der Waals surface area contributed by atoms with E-state index in [2.05, 4.69) is 131 Å². The molecule has 0 amide bonds. The third-order valence-corrected chi connectivity index (χ3v) is 30.5. The first kappa shape index (κ1) is 41.2. The van der Waals surface area contributed by atoms with E-state index in [1.807, 2.05) is 0 Å². The predicted molar refractivity (Wildman–Crippen MR) is 201 cm³/mol. The molecule has 0 spiro atoms. The van der Waals surface area contributed by atoms with Crippen molar-refractivity contribution < 1.29 is 23.1 Å². The minimum absolute atomic E-state index is 0.290. The predicted octanol–water partition coefficient (Wildman–Crippen LogP) is 11.5. The molecule has 1 aliphatic heterocycles. The summed E-state index contributed by atoms with van der Waals surface area (Å²) in [6.07, 6.45) is 3.71. The van der Waals surface area contributed by atoms with Crippen LogP contribution >= 0.6 is 0 Å². The summed E-state index contributed by atoms with van der Waals surface area (Å²) in [7, 11) is -6.84. The molecule has 0 radical (unpaired) electrons. The second-order valence-electron chi connectivity index (χ2n) is 17.5. The van der Waals surface area contributed by atoms with Gasteiger partial charge in [-0.2, -0.15) is 0 Å². The average molecular weight is 685 g/mol. The van der Waals surface area contributed by atoms with Crippen LogP contribution in [0.15, 0.2) is 11.8 Å². The monoisotopic (exact) mass is 685 g/mol. The van der Waals surface area contributed by atoms with Gasteiger partial charge in [0.2, 0.25) is 25.0 Å². The summed E-state index contributed by atoms with van der Waals surface area (Å²) < 4.78 is 29.7. The normalized spacial score (nSPS) is 23.4. The van der Waals surface area contributed by atoms with Crippen molar-refractivity contribution in [3.05, 3.63) is 11.8 Å². The van der Waals surface area contributed by atoms with Crippen LogP contribution in [0.3, 0.4) is 0 Å². The highest BCUT2D eigenvalue weighted by Gasteiger charge is 2.56. The van der Waals surface area contributed by atoms with Crippen molar-refractivity contribution in [3.63, 3.8) is 0 Å². The third-order valence-electron chi connectivity index (χ3n) is 12.2. The molecule has 0 aromatic carbocycles. The lowest BCUT2D eigenvalue weighted by atomic mass is 9.77. The fourth-order valence-corrected chi connectivity index (χ4v) is 26.7. The van der Waals surface area contributed by atoms with E-state index >= 15 is 0 Å². The van der Waals surface area contributed by atoms with Crippen LogP contribution in [0.4, 0.5) is 0 Å². The van der Waals surface area contributed by atoms with E-state index < -0.39 is 30.6 Å². The highest BCUT2D eigenvalue weighted by molar-refractivity contribution is 6.78. The van der Waals surface area contributed by atoms with Gasteiger partial charge in [-0.1, -0.05) is 125 Å². The average Bonchev–Trinajstić information content (AvgIpc) is 2.87. The van der Waals surface area contributed by atoms with Crippen molar-refractivity contribution in [2.24, 2.45) is 0 Å². The quantitative estimate of drug-likeness (QED) is 0.155. The first-order valence-corrected chi connectivity index (χ1v) is 25.1. The van der Waals surface area contributed by atoms with E-state index in [0.717, 1.165) is 19.3 Å². The van der Waals surface area contributed by atoms with Crippen molar-refractivity contribution >= 4 is 25.0 Å². The van der Waals surface area contributed by atoms with Gasteiger partial charge in [0.25, 0.3) is 0 Å². The van der Waals surface area contributed by atoms with Crippen LogP contribution in [0.2, 0.25) is 49.9 Å². The number of aliphatic hydroxyl groups is 1. The standard InChI is InChI=1S/C37H76O5Si3/c1-24(2)43(25(3)4,26(5)6)39-23-34-36(42-45(30(13)14,31(15)16)32(17)18)33(22-35(40-34)37(38)20-19-21-37)41-44(27(7)8,28(9)10)29(11)12/h22,24-34,36,38H,19-21,23H2,1-18H3/t33-,34-,36+/m1/s1. The molecular weight excluding hydrogens is 609 g/mol. The van der Waals surface area contributed by atoms with Crippen LogP contribution in [0.25, 0.3) is 0 Å². The summed E-state index contributed by atoms with van der Waals surface area (Å²) in [5.74, 6) is 0.697. The van der Waals surface area contributed by atoms with Crippen LogP contribution in [0, 0.1) is 0 Å². The lowest BCUT2D eigenvalue weighted by Gasteiger charge is -2.53. The number of hydrogen-bond donors (Lipinski definition) is 1. The fraction of sp³-hybridized carbons (Fsp3) is 0.946. The Morgan fingerprint density at radius 3 is 1.29 bits per heavy atom. The number of ether oxygens (including phenoxy) is 1. The van der Waals surface area contributed by atoms with E-state index in [1.165, 1.54) is 0 Å². The Balaban J connectivity index is 2.84. The Kier molecular flexibility index (Phi) is 14.4. The maximum Gasteiger partial charge on any atom is 0.201 e. The highest BCUT2D eigenvalue weighted by Crippen LogP contribution is 2.50. The summed E-state index contributed by atoms with van der Waals surface area (Å²) in [4.78, 5) is 0. The topological polar surface area (TPSA) is 57.2 Å². The lowest BCUT2D eigenvalue weighted by Crippen LogP contribution is -2.62. The highest BCUT2D eigenvalue weighted by atomic mass is 28.4. The van der Waals surface area contributed by atoms with Gasteiger partial charge in [0, 0.05) is 0 Å². The van der Waals surface area contributed by atoms with Crippen molar-refractivity contribution in [2.45, 2.75) is 218 Å². The molecule has 1 saturated carbocycles. The van der Waals surface area contributed by atoms with Crippen molar-refractivity contribution in [1.29, 1.82) is 0 Å². The smallest absolute Gasteiger partial charge is 0.201 e. The molecule has 2 rings (SSSR count). The van der Waals surface area contributed by atoms with Crippen LogP contribution in [0.1, 0.15) is 144 Å². The van der Waals surface area contributed by atoms with E-state index in [9.17, 15) is 5.11 Å². The molecule has 2 aliphatic rings. The molecule has 5 nitrogen and oxygen atoms in total. The Morgan fingerprint density at radius 2 is 0.978 bits per heavy atom. The zero-order chi connectivity index (χ0) is 34.9.